The zero-order chi connectivity index (χ0) is 21.1. The van der Waals surface area contributed by atoms with Crippen molar-refractivity contribution in [1.82, 2.24) is 19.1 Å². The summed E-state index contributed by atoms with van der Waals surface area (Å²) in [5, 5.41) is 0. The Kier molecular flexibility index (Phi) is 5.83. The second-order valence-corrected chi connectivity index (χ2v) is 9.44. The summed E-state index contributed by atoms with van der Waals surface area (Å²) in [6.45, 7) is 2.40. The molecule has 0 radical (unpaired) electrons. The van der Waals surface area contributed by atoms with Gasteiger partial charge in [-0.15, -0.1) is 0 Å². The van der Waals surface area contributed by atoms with Gasteiger partial charge in [0.2, 0.25) is 15.9 Å². The fraction of sp³-hybridized carbons (Fsp3) is 0.381. The van der Waals surface area contributed by atoms with Gasteiger partial charge in [0.05, 0.1) is 0 Å². The quantitative estimate of drug-likeness (QED) is 0.717. The van der Waals surface area contributed by atoms with Gasteiger partial charge >= 0.3 is 0 Å². The average Bonchev–Trinajstić information content (AvgIpc) is 3.18. The molecular weight excluding hydrogens is 404 g/mol. The molecule has 2 saturated heterocycles. The van der Waals surface area contributed by atoms with Gasteiger partial charge in [0.25, 0.3) is 5.91 Å². The number of carbonyl (C=O) groups is 2. The van der Waals surface area contributed by atoms with Gasteiger partial charge < -0.3 is 9.80 Å². The molecule has 1 aromatic heterocycles. The van der Waals surface area contributed by atoms with Crippen molar-refractivity contribution >= 4 is 21.8 Å². The molecule has 30 heavy (non-hydrogen) atoms. The van der Waals surface area contributed by atoms with E-state index in [1.54, 1.807) is 17.0 Å². The minimum absolute atomic E-state index is 0.122. The summed E-state index contributed by atoms with van der Waals surface area (Å²) in [6, 6.07) is 10.4. The molecule has 0 saturated carbocycles. The van der Waals surface area contributed by atoms with Crippen molar-refractivity contribution < 1.29 is 18.0 Å². The number of pyridine rings is 1. The van der Waals surface area contributed by atoms with E-state index in [2.05, 4.69) is 4.98 Å². The summed E-state index contributed by atoms with van der Waals surface area (Å²) in [5.74, 6) is 0.0284. The van der Waals surface area contributed by atoms with Gasteiger partial charge in [-0.2, -0.15) is 4.31 Å². The first-order valence-electron chi connectivity index (χ1n) is 10.0. The highest BCUT2D eigenvalue weighted by atomic mass is 32.2. The van der Waals surface area contributed by atoms with Crippen molar-refractivity contribution in [1.29, 1.82) is 0 Å². The summed E-state index contributed by atoms with van der Waals surface area (Å²) in [5.41, 5.74) is 1.48. The maximum atomic E-state index is 12.9. The van der Waals surface area contributed by atoms with Crippen LogP contribution < -0.4 is 0 Å². The molecule has 0 spiro atoms. The highest BCUT2D eigenvalue weighted by Crippen LogP contribution is 2.19. The van der Waals surface area contributed by atoms with Crippen LogP contribution in [0.1, 0.15) is 28.8 Å². The van der Waals surface area contributed by atoms with Gasteiger partial charge in [0.1, 0.15) is 4.90 Å². The molecule has 0 atom stereocenters. The van der Waals surface area contributed by atoms with Crippen LogP contribution in [-0.4, -0.2) is 72.0 Å². The van der Waals surface area contributed by atoms with Crippen molar-refractivity contribution in [3.8, 4) is 0 Å². The third-order valence-electron chi connectivity index (χ3n) is 5.52. The highest BCUT2D eigenvalue weighted by Gasteiger charge is 2.30. The Balaban J connectivity index is 1.40. The van der Waals surface area contributed by atoms with Gasteiger partial charge in [-0.25, -0.2) is 8.42 Å². The molecule has 0 bridgehead atoms. The molecule has 1 aromatic carbocycles. The Morgan fingerprint density at radius 2 is 1.83 bits per heavy atom. The fourth-order valence-corrected chi connectivity index (χ4v) is 5.24. The average molecular weight is 429 g/mol. The maximum absolute atomic E-state index is 12.9. The van der Waals surface area contributed by atoms with Crippen LogP contribution in [0.2, 0.25) is 0 Å². The number of nitrogens with zero attached hydrogens (tertiary/aromatic N) is 4. The van der Waals surface area contributed by atoms with E-state index in [9.17, 15) is 18.0 Å². The number of piperazine rings is 1. The van der Waals surface area contributed by atoms with Crippen LogP contribution in [0.25, 0.3) is 0 Å². The van der Waals surface area contributed by atoms with Crippen LogP contribution in [0.5, 0.6) is 0 Å². The van der Waals surface area contributed by atoms with Crippen molar-refractivity contribution in [3.63, 3.8) is 0 Å². The molecule has 2 amide bonds. The topological polar surface area (TPSA) is 90.9 Å². The van der Waals surface area contributed by atoms with Gasteiger partial charge in [-0.1, -0.05) is 12.1 Å². The second kappa shape index (κ2) is 8.53. The number of rotatable bonds is 5. The molecule has 9 heteroatoms. The Hall–Kier alpha value is -2.78. The first-order valence-corrected chi connectivity index (χ1v) is 11.5. The van der Waals surface area contributed by atoms with Crippen molar-refractivity contribution in [2.75, 3.05) is 32.7 Å². The molecule has 0 aliphatic carbocycles. The minimum Gasteiger partial charge on any atom is -0.338 e. The number of aromatic nitrogens is 1. The largest absolute Gasteiger partial charge is 0.338 e. The molecule has 4 rings (SSSR count). The van der Waals surface area contributed by atoms with E-state index in [0.717, 1.165) is 18.5 Å². The Labute approximate surface area is 176 Å². The zero-order valence-electron chi connectivity index (χ0n) is 16.6. The van der Waals surface area contributed by atoms with Crippen LogP contribution in [0, 0.1) is 0 Å². The van der Waals surface area contributed by atoms with Crippen LogP contribution in [0.3, 0.4) is 0 Å². The third-order valence-corrected chi connectivity index (χ3v) is 7.40. The van der Waals surface area contributed by atoms with E-state index in [0.29, 0.717) is 31.6 Å². The predicted molar refractivity (Wildman–Crippen MR) is 110 cm³/mol. The van der Waals surface area contributed by atoms with E-state index < -0.39 is 10.0 Å². The lowest BCUT2D eigenvalue weighted by Crippen LogP contribution is -2.50. The number of carbonyl (C=O) groups excluding carboxylic acids is 2. The molecule has 2 aromatic rings. The van der Waals surface area contributed by atoms with Gasteiger partial charge in [0, 0.05) is 63.6 Å². The van der Waals surface area contributed by atoms with Gasteiger partial charge in [-0.3, -0.25) is 14.6 Å². The molecule has 2 aliphatic rings. The Bertz CT molecular complexity index is 1030. The number of amides is 2. The lowest BCUT2D eigenvalue weighted by atomic mass is 10.1. The number of hydrogen-bond acceptors (Lipinski definition) is 5. The van der Waals surface area contributed by atoms with Crippen LogP contribution in [-0.2, 0) is 21.4 Å². The maximum Gasteiger partial charge on any atom is 0.253 e. The van der Waals surface area contributed by atoms with Crippen molar-refractivity contribution in [2.45, 2.75) is 24.3 Å². The zero-order valence-corrected chi connectivity index (χ0v) is 17.4. The molecule has 158 valence electrons. The molecule has 8 nitrogen and oxygen atoms in total. The van der Waals surface area contributed by atoms with Gasteiger partial charge in [0.15, 0.2) is 0 Å². The normalized spacial score (nSPS) is 18.1. The second-order valence-electron chi connectivity index (χ2n) is 7.50. The summed E-state index contributed by atoms with van der Waals surface area (Å²) < 4.78 is 26.8. The standard InChI is InChI=1S/C21H24N4O4S/c26-20-7-3-9-24(20)16-17-4-1-5-18(14-17)21(27)23-10-12-25(13-11-23)30(28,29)19-6-2-8-22-15-19/h1-2,4-6,8,14-15H,3,7,9-13,16H2. The molecule has 2 fully saturated rings. The minimum atomic E-state index is -3.61. The third kappa shape index (κ3) is 4.22. The van der Waals surface area contributed by atoms with E-state index >= 15 is 0 Å². The first-order chi connectivity index (χ1) is 14.4. The Morgan fingerprint density at radius 3 is 2.50 bits per heavy atom. The predicted octanol–water partition coefficient (Wildman–Crippen LogP) is 1.35. The van der Waals surface area contributed by atoms with E-state index in [1.807, 2.05) is 23.1 Å². The molecule has 0 N–H and O–H groups in total. The molecule has 3 heterocycles. The lowest BCUT2D eigenvalue weighted by molar-refractivity contribution is -0.128. The first kappa shape index (κ1) is 20.5. The SMILES string of the molecule is O=C1CCCN1Cc1cccc(C(=O)N2CCN(S(=O)(=O)c3cccnc3)CC2)c1. The summed E-state index contributed by atoms with van der Waals surface area (Å²) in [6.07, 6.45) is 4.33. The van der Waals surface area contributed by atoms with E-state index in [1.165, 1.54) is 22.8 Å². The van der Waals surface area contributed by atoms with Crippen LogP contribution in [0.4, 0.5) is 0 Å². The number of benzene rings is 1. The molecule has 0 unspecified atom stereocenters. The van der Waals surface area contributed by atoms with E-state index in [-0.39, 0.29) is 29.8 Å². The summed E-state index contributed by atoms with van der Waals surface area (Å²) >= 11 is 0. The van der Waals surface area contributed by atoms with Crippen LogP contribution in [0.15, 0.2) is 53.7 Å². The number of hydrogen-bond donors (Lipinski definition) is 0. The Morgan fingerprint density at radius 1 is 1.03 bits per heavy atom. The van der Waals surface area contributed by atoms with Crippen LogP contribution >= 0.6 is 0 Å². The van der Waals surface area contributed by atoms with Crippen molar-refractivity contribution in [3.05, 3.63) is 59.9 Å². The summed E-state index contributed by atoms with van der Waals surface area (Å²) in [4.78, 5) is 32.3. The molecule has 2 aliphatic heterocycles. The van der Waals surface area contributed by atoms with Crippen molar-refractivity contribution in [2.24, 2.45) is 0 Å². The molecular formula is C21H24N4O4S. The number of sulfonamides is 1. The summed E-state index contributed by atoms with van der Waals surface area (Å²) in [7, 11) is -3.61. The fourth-order valence-electron chi connectivity index (χ4n) is 3.86. The number of likely N-dealkylation sites (tertiary alicyclic amines) is 1. The smallest absolute Gasteiger partial charge is 0.253 e. The van der Waals surface area contributed by atoms with E-state index in [4.69, 9.17) is 0 Å². The highest BCUT2D eigenvalue weighted by molar-refractivity contribution is 7.89. The monoisotopic (exact) mass is 428 g/mol. The lowest BCUT2D eigenvalue weighted by Gasteiger charge is -2.34. The van der Waals surface area contributed by atoms with Gasteiger partial charge in [-0.05, 0) is 36.2 Å².